The largest absolute Gasteiger partial charge is 0.354 e. The number of aromatic nitrogens is 3. The van der Waals surface area contributed by atoms with Crippen LogP contribution < -0.4 is 10.6 Å². The van der Waals surface area contributed by atoms with Crippen LogP contribution in [0, 0.1) is 0 Å². The molecule has 4 aromatic rings. The van der Waals surface area contributed by atoms with E-state index in [9.17, 15) is 4.79 Å². The summed E-state index contributed by atoms with van der Waals surface area (Å²) in [6, 6.07) is 20.7. The van der Waals surface area contributed by atoms with Crippen molar-refractivity contribution in [2.75, 3.05) is 11.9 Å². The van der Waals surface area contributed by atoms with Gasteiger partial charge in [-0.15, -0.1) is 0 Å². The maximum Gasteiger partial charge on any atom is 0.354 e. The number of hydrogen-bond donors (Lipinski definition) is 0. The molecular formula is C21H17ClN4O. The van der Waals surface area contributed by atoms with Crippen LogP contribution in [0.1, 0.15) is 5.69 Å². The summed E-state index contributed by atoms with van der Waals surface area (Å²) < 4.78 is 1.58. The van der Waals surface area contributed by atoms with Crippen LogP contribution in [0.25, 0.3) is 16.6 Å². The van der Waals surface area contributed by atoms with Crippen molar-refractivity contribution in [1.29, 1.82) is 0 Å². The van der Waals surface area contributed by atoms with Crippen LogP contribution in [0.5, 0.6) is 0 Å². The van der Waals surface area contributed by atoms with Crippen molar-refractivity contribution in [1.82, 2.24) is 14.5 Å². The molecule has 0 radical (unpaired) electrons. The molecule has 0 bridgehead atoms. The third-order valence-electron chi connectivity index (χ3n) is 4.34. The third kappa shape index (κ3) is 3.41. The lowest BCUT2D eigenvalue weighted by Gasteiger charge is -2.21. The van der Waals surface area contributed by atoms with Gasteiger partial charge in [0.1, 0.15) is 5.82 Å². The molecule has 0 N–H and O–H groups in total. The highest BCUT2D eigenvalue weighted by molar-refractivity contribution is 6.31. The molecule has 27 heavy (non-hydrogen) atoms. The van der Waals surface area contributed by atoms with E-state index in [4.69, 9.17) is 11.6 Å². The number of hydrogen-bond acceptors (Lipinski definition) is 4. The molecular weight excluding hydrogens is 360 g/mol. The SMILES string of the molecule is CN(Cc1ccccn1)c1nc(=O)n(-c2ccccc2)c2cc(Cl)ccc12. The Morgan fingerprint density at radius 1 is 1.04 bits per heavy atom. The highest BCUT2D eigenvalue weighted by Crippen LogP contribution is 2.27. The van der Waals surface area contributed by atoms with E-state index in [1.54, 1.807) is 16.8 Å². The quantitative estimate of drug-likeness (QED) is 0.538. The highest BCUT2D eigenvalue weighted by Gasteiger charge is 2.15. The Morgan fingerprint density at radius 3 is 2.56 bits per heavy atom. The van der Waals surface area contributed by atoms with Gasteiger partial charge in [-0.25, -0.2) is 4.79 Å². The Labute approximate surface area is 161 Å². The van der Waals surface area contributed by atoms with Crippen molar-refractivity contribution in [2.24, 2.45) is 0 Å². The Hall–Kier alpha value is -3.18. The maximum atomic E-state index is 12.9. The Balaban J connectivity index is 1.90. The first-order chi connectivity index (χ1) is 13.1. The number of para-hydroxylation sites is 1. The van der Waals surface area contributed by atoms with E-state index < -0.39 is 0 Å². The predicted molar refractivity (Wildman–Crippen MR) is 109 cm³/mol. The van der Waals surface area contributed by atoms with Gasteiger partial charge in [0.05, 0.1) is 23.4 Å². The van der Waals surface area contributed by atoms with E-state index in [-0.39, 0.29) is 5.69 Å². The summed E-state index contributed by atoms with van der Waals surface area (Å²) in [5.74, 6) is 0.601. The van der Waals surface area contributed by atoms with Gasteiger partial charge in [-0.05, 0) is 42.5 Å². The maximum absolute atomic E-state index is 12.9. The normalized spacial score (nSPS) is 10.9. The third-order valence-corrected chi connectivity index (χ3v) is 4.57. The van der Waals surface area contributed by atoms with Crippen LogP contribution in [0.3, 0.4) is 0 Å². The molecule has 0 saturated heterocycles. The minimum absolute atomic E-state index is 0.348. The van der Waals surface area contributed by atoms with Crippen molar-refractivity contribution in [2.45, 2.75) is 6.54 Å². The lowest BCUT2D eigenvalue weighted by atomic mass is 10.2. The molecule has 0 aliphatic rings. The molecule has 2 aromatic carbocycles. The summed E-state index contributed by atoms with van der Waals surface area (Å²) in [7, 11) is 1.90. The second-order valence-corrected chi connectivity index (χ2v) is 6.66. The molecule has 0 aliphatic carbocycles. The van der Waals surface area contributed by atoms with Crippen molar-refractivity contribution in [3.63, 3.8) is 0 Å². The molecule has 134 valence electrons. The molecule has 0 atom stereocenters. The zero-order valence-corrected chi connectivity index (χ0v) is 15.5. The topological polar surface area (TPSA) is 51.0 Å². The zero-order valence-electron chi connectivity index (χ0n) is 14.7. The van der Waals surface area contributed by atoms with Gasteiger partial charge in [0.15, 0.2) is 0 Å². The van der Waals surface area contributed by atoms with Gasteiger partial charge < -0.3 is 4.90 Å². The van der Waals surface area contributed by atoms with Crippen LogP contribution in [0.4, 0.5) is 5.82 Å². The van der Waals surface area contributed by atoms with E-state index in [1.165, 1.54) is 0 Å². The summed E-state index contributed by atoms with van der Waals surface area (Å²) in [4.78, 5) is 23.5. The molecule has 2 heterocycles. The van der Waals surface area contributed by atoms with E-state index in [2.05, 4.69) is 9.97 Å². The van der Waals surface area contributed by atoms with E-state index >= 15 is 0 Å². The summed E-state index contributed by atoms with van der Waals surface area (Å²) >= 11 is 6.23. The predicted octanol–water partition coefficient (Wildman–Crippen LogP) is 4.07. The molecule has 0 unspecified atom stereocenters. The first-order valence-corrected chi connectivity index (χ1v) is 8.90. The second-order valence-electron chi connectivity index (χ2n) is 6.23. The molecule has 4 rings (SSSR count). The average molecular weight is 377 g/mol. The summed E-state index contributed by atoms with van der Waals surface area (Å²) in [6.07, 6.45) is 1.75. The number of pyridine rings is 1. The van der Waals surface area contributed by atoms with Crippen LogP contribution in [0.15, 0.2) is 77.7 Å². The number of nitrogens with zero attached hydrogens (tertiary/aromatic N) is 4. The second kappa shape index (κ2) is 7.21. The highest BCUT2D eigenvalue weighted by atomic mass is 35.5. The van der Waals surface area contributed by atoms with E-state index in [0.717, 1.165) is 22.3 Å². The number of benzene rings is 2. The number of fused-ring (bicyclic) bond motifs is 1. The number of anilines is 1. The Bertz CT molecular complexity index is 1140. The van der Waals surface area contributed by atoms with Crippen LogP contribution in [0.2, 0.25) is 5.02 Å². The molecule has 0 saturated carbocycles. The van der Waals surface area contributed by atoms with Crippen molar-refractivity contribution >= 4 is 28.3 Å². The fraction of sp³-hybridized carbons (Fsp3) is 0.0952. The van der Waals surface area contributed by atoms with Crippen LogP contribution >= 0.6 is 11.6 Å². The monoisotopic (exact) mass is 376 g/mol. The van der Waals surface area contributed by atoms with Crippen molar-refractivity contribution < 1.29 is 0 Å². The molecule has 0 amide bonds. The van der Waals surface area contributed by atoms with Crippen molar-refractivity contribution in [3.05, 3.63) is 94.1 Å². The number of halogens is 1. The minimum atomic E-state index is -0.348. The summed E-state index contributed by atoms with van der Waals surface area (Å²) in [6.45, 7) is 0.542. The first kappa shape index (κ1) is 17.2. The Kier molecular flexibility index (Phi) is 4.60. The van der Waals surface area contributed by atoms with Gasteiger partial charge in [0.25, 0.3) is 0 Å². The fourth-order valence-electron chi connectivity index (χ4n) is 3.11. The fourth-order valence-corrected chi connectivity index (χ4v) is 3.28. The van der Waals surface area contributed by atoms with E-state index in [0.29, 0.717) is 17.4 Å². The lowest BCUT2D eigenvalue weighted by Crippen LogP contribution is -2.27. The van der Waals surface area contributed by atoms with Gasteiger partial charge in [-0.3, -0.25) is 9.55 Å². The minimum Gasteiger partial charge on any atom is -0.353 e. The molecule has 6 heteroatoms. The zero-order chi connectivity index (χ0) is 18.8. The van der Waals surface area contributed by atoms with Gasteiger partial charge in [0, 0.05) is 23.7 Å². The van der Waals surface area contributed by atoms with Crippen LogP contribution in [-0.2, 0) is 6.54 Å². The molecule has 0 spiro atoms. The summed E-state index contributed by atoms with van der Waals surface area (Å²) in [5.41, 5.74) is 2.02. The Morgan fingerprint density at radius 2 is 1.81 bits per heavy atom. The first-order valence-electron chi connectivity index (χ1n) is 8.52. The van der Waals surface area contributed by atoms with Crippen molar-refractivity contribution in [3.8, 4) is 5.69 Å². The lowest BCUT2D eigenvalue weighted by molar-refractivity contribution is 0.849. The standard InChI is InChI=1S/C21H17ClN4O/c1-25(14-16-7-5-6-12-23-16)20-18-11-10-15(22)13-19(18)26(21(27)24-20)17-8-3-2-4-9-17/h2-13H,14H2,1H3. The van der Waals surface area contributed by atoms with Gasteiger partial charge in [-0.1, -0.05) is 35.9 Å². The summed E-state index contributed by atoms with van der Waals surface area (Å²) in [5, 5.41) is 1.41. The molecule has 2 aromatic heterocycles. The average Bonchev–Trinajstić information content (AvgIpc) is 2.68. The number of rotatable bonds is 4. The molecule has 0 fully saturated rings. The van der Waals surface area contributed by atoms with Gasteiger partial charge in [-0.2, -0.15) is 4.98 Å². The van der Waals surface area contributed by atoms with E-state index in [1.807, 2.05) is 72.6 Å². The van der Waals surface area contributed by atoms with Crippen LogP contribution in [-0.4, -0.2) is 21.6 Å². The smallest absolute Gasteiger partial charge is 0.353 e. The molecule has 5 nitrogen and oxygen atoms in total. The molecule has 0 aliphatic heterocycles. The van der Waals surface area contributed by atoms with Gasteiger partial charge in [0.2, 0.25) is 0 Å². The van der Waals surface area contributed by atoms with Gasteiger partial charge >= 0.3 is 5.69 Å².